The van der Waals surface area contributed by atoms with Crippen LogP contribution in [0.15, 0.2) is 48.5 Å². The van der Waals surface area contributed by atoms with Crippen LogP contribution in [0, 0.1) is 0 Å². The second-order valence-corrected chi connectivity index (χ2v) is 5.94. The second kappa shape index (κ2) is 8.03. The van der Waals surface area contributed by atoms with Gasteiger partial charge in [-0.2, -0.15) is 0 Å². The van der Waals surface area contributed by atoms with Gasteiger partial charge < -0.3 is 19.1 Å². The van der Waals surface area contributed by atoms with Crippen LogP contribution in [0.2, 0.25) is 0 Å². The fraction of sp³-hybridized carbons (Fsp3) is 0.350. The molecule has 1 unspecified atom stereocenters. The van der Waals surface area contributed by atoms with Crippen LogP contribution < -0.4 is 9.47 Å². The van der Waals surface area contributed by atoms with E-state index in [1.165, 1.54) is 0 Å². The molecule has 0 saturated heterocycles. The number of benzene rings is 2. The van der Waals surface area contributed by atoms with Gasteiger partial charge in [0.1, 0.15) is 30.0 Å². The summed E-state index contributed by atoms with van der Waals surface area (Å²) in [5, 5.41) is 10.4. The van der Waals surface area contributed by atoms with Crippen molar-refractivity contribution in [2.24, 2.45) is 0 Å². The molecule has 0 radical (unpaired) electrons. The largest absolute Gasteiger partial charge is 0.497 e. The molecule has 1 N–H and O–H groups in total. The maximum Gasteiger partial charge on any atom is 0.138 e. The van der Waals surface area contributed by atoms with Crippen molar-refractivity contribution in [2.45, 2.75) is 32.4 Å². The highest BCUT2D eigenvalue weighted by atomic mass is 16.5. The molecule has 0 fully saturated rings. The van der Waals surface area contributed by atoms with Gasteiger partial charge in [-0.25, -0.2) is 4.98 Å². The Balaban J connectivity index is 1.78. The monoisotopic (exact) mass is 340 g/mol. The van der Waals surface area contributed by atoms with Crippen molar-refractivity contribution in [3.63, 3.8) is 0 Å². The Bertz CT molecular complexity index is 829. The first kappa shape index (κ1) is 17.3. The Kier molecular flexibility index (Phi) is 5.56. The van der Waals surface area contributed by atoms with Crippen molar-refractivity contribution in [2.75, 3.05) is 13.7 Å². The van der Waals surface area contributed by atoms with E-state index < -0.39 is 6.10 Å². The minimum atomic E-state index is -0.561. The van der Waals surface area contributed by atoms with Crippen LogP contribution in [-0.4, -0.2) is 28.4 Å². The van der Waals surface area contributed by atoms with E-state index in [4.69, 9.17) is 9.47 Å². The number of hydrogen-bond donors (Lipinski definition) is 1. The van der Waals surface area contributed by atoms with E-state index in [0.717, 1.165) is 29.0 Å². The van der Waals surface area contributed by atoms with Crippen molar-refractivity contribution in [1.29, 1.82) is 0 Å². The summed E-state index contributed by atoms with van der Waals surface area (Å²) in [6, 6.07) is 15.5. The molecule has 0 aliphatic heterocycles. The van der Waals surface area contributed by atoms with Gasteiger partial charge in [-0.05, 0) is 30.7 Å². The zero-order chi connectivity index (χ0) is 17.6. The molecule has 2 aromatic carbocycles. The number of imidazole rings is 1. The molecule has 0 aliphatic rings. The van der Waals surface area contributed by atoms with Crippen LogP contribution in [0.5, 0.6) is 11.5 Å². The van der Waals surface area contributed by atoms with Crippen LogP contribution in [0.3, 0.4) is 0 Å². The molecule has 0 bridgehead atoms. The van der Waals surface area contributed by atoms with E-state index in [0.29, 0.717) is 25.4 Å². The summed E-state index contributed by atoms with van der Waals surface area (Å²) in [5.74, 6) is 2.24. The third kappa shape index (κ3) is 3.94. The standard InChI is InChI=1S/C20H24N2O3/c1-3-7-19(23)20-21-17-10-4-5-11-18(17)22(20)12-13-25-16-9-6-8-15(14-16)24-2/h4-6,8-11,14,19,23H,3,7,12-13H2,1-2H3. The van der Waals surface area contributed by atoms with E-state index in [1.54, 1.807) is 7.11 Å². The summed E-state index contributed by atoms with van der Waals surface area (Å²) in [6.45, 7) is 3.16. The van der Waals surface area contributed by atoms with Crippen LogP contribution in [-0.2, 0) is 6.54 Å². The lowest BCUT2D eigenvalue weighted by molar-refractivity contribution is 0.151. The number of para-hydroxylation sites is 2. The number of methoxy groups -OCH3 is 1. The SMILES string of the molecule is CCCC(O)c1nc2ccccc2n1CCOc1cccc(OC)c1. The second-order valence-electron chi connectivity index (χ2n) is 5.94. The molecule has 1 aromatic heterocycles. The van der Waals surface area contributed by atoms with Gasteiger partial charge in [-0.15, -0.1) is 0 Å². The smallest absolute Gasteiger partial charge is 0.138 e. The molecule has 132 valence electrons. The molecule has 0 amide bonds. The normalized spacial score (nSPS) is 12.3. The Hall–Kier alpha value is -2.53. The van der Waals surface area contributed by atoms with Crippen LogP contribution in [0.1, 0.15) is 31.7 Å². The van der Waals surface area contributed by atoms with Gasteiger partial charge in [0.05, 0.1) is 24.7 Å². The van der Waals surface area contributed by atoms with Gasteiger partial charge in [-0.3, -0.25) is 0 Å². The lowest BCUT2D eigenvalue weighted by atomic mass is 10.2. The molecule has 5 nitrogen and oxygen atoms in total. The zero-order valence-electron chi connectivity index (χ0n) is 14.7. The molecule has 5 heteroatoms. The Labute approximate surface area is 147 Å². The average molecular weight is 340 g/mol. The molecule has 0 saturated carbocycles. The number of rotatable bonds is 8. The first-order chi connectivity index (χ1) is 12.2. The molecule has 3 aromatic rings. The highest BCUT2D eigenvalue weighted by Crippen LogP contribution is 2.24. The minimum Gasteiger partial charge on any atom is -0.497 e. The highest BCUT2D eigenvalue weighted by Gasteiger charge is 2.17. The molecule has 0 spiro atoms. The van der Waals surface area contributed by atoms with Crippen molar-refractivity contribution in [3.05, 3.63) is 54.4 Å². The van der Waals surface area contributed by atoms with Crippen LogP contribution >= 0.6 is 0 Å². The van der Waals surface area contributed by atoms with Crippen molar-refractivity contribution < 1.29 is 14.6 Å². The molecular weight excluding hydrogens is 316 g/mol. The van der Waals surface area contributed by atoms with E-state index in [2.05, 4.69) is 16.5 Å². The fourth-order valence-corrected chi connectivity index (χ4v) is 2.93. The molecule has 25 heavy (non-hydrogen) atoms. The van der Waals surface area contributed by atoms with Gasteiger partial charge in [0.2, 0.25) is 0 Å². The van der Waals surface area contributed by atoms with Gasteiger partial charge in [0.25, 0.3) is 0 Å². The summed E-state index contributed by atoms with van der Waals surface area (Å²) < 4.78 is 13.1. The maximum atomic E-state index is 10.4. The van der Waals surface area contributed by atoms with Crippen molar-refractivity contribution >= 4 is 11.0 Å². The molecule has 1 heterocycles. The Morgan fingerprint density at radius 2 is 1.92 bits per heavy atom. The lowest BCUT2D eigenvalue weighted by Gasteiger charge is -2.14. The highest BCUT2D eigenvalue weighted by molar-refractivity contribution is 5.76. The summed E-state index contributed by atoms with van der Waals surface area (Å²) in [4.78, 5) is 4.62. The quantitative estimate of drug-likeness (QED) is 0.674. The number of fused-ring (bicyclic) bond motifs is 1. The van der Waals surface area contributed by atoms with E-state index in [9.17, 15) is 5.11 Å². The number of aromatic nitrogens is 2. The summed E-state index contributed by atoms with van der Waals surface area (Å²) in [5.41, 5.74) is 1.91. The van der Waals surface area contributed by atoms with Crippen LogP contribution in [0.25, 0.3) is 11.0 Å². The zero-order valence-corrected chi connectivity index (χ0v) is 14.7. The van der Waals surface area contributed by atoms with Gasteiger partial charge in [0, 0.05) is 6.07 Å². The number of aliphatic hydroxyl groups excluding tert-OH is 1. The van der Waals surface area contributed by atoms with Gasteiger partial charge in [0.15, 0.2) is 0 Å². The number of hydrogen-bond acceptors (Lipinski definition) is 4. The average Bonchev–Trinajstić information content (AvgIpc) is 3.01. The summed E-state index contributed by atoms with van der Waals surface area (Å²) in [6.07, 6.45) is 1.04. The Morgan fingerprint density at radius 3 is 2.72 bits per heavy atom. The third-order valence-corrected chi connectivity index (χ3v) is 4.17. The van der Waals surface area contributed by atoms with Crippen LogP contribution in [0.4, 0.5) is 0 Å². The predicted molar refractivity (Wildman–Crippen MR) is 98.1 cm³/mol. The maximum absolute atomic E-state index is 10.4. The Morgan fingerprint density at radius 1 is 1.12 bits per heavy atom. The number of nitrogens with zero attached hydrogens (tertiary/aromatic N) is 2. The minimum absolute atomic E-state index is 0.485. The van der Waals surface area contributed by atoms with Gasteiger partial charge >= 0.3 is 0 Å². The molecule has 0 aliphatic carbocycles. The van der Waals surface area contributed by atoms with E-state index in [-0.39, 0.29) is 0 Å². The van der Waals surface area contributed by atoms with Gasteiger partial charge in [-0.1, -0.05) is 31.5 Å². The van der Waals surface area contributed by atoms with Crippen molar-refractivity contribution in [3.8, 4) is 11.5 Å². The third-order valence-electron chi connectivity index (χ3n) is 4.17. The summed E-state index contributed by atoms with van der Waals surface area (Å²) >= 11 is 0. The first-order valence-corrected chi connectivity index (χ1v) is 8.63. The molecule has 3 rings (SSSR count). The predicted octanol–water partition coefficient (Wildman–Crippen LogP) is 3.96. The van der Waals surface area contributed by atoms with E-state index >= 15 is 0 Å². The number of aliphatic hydroxyl groups is 1. The van der Waals surface area contributed by atoms with Crippen molar-refractivity contribution in [1.82, 2.24) is 9.55 Å². The fourth-order valence-electron chi connectivity index (χ4n) is 2.93. The first-order valence-electron chi connectivity index (χ1n) is 8.63. The molecule has 1 atom stereocenters. The lowest BCUT2D eigenvalue weighted by Crippen LogP contribution is -2.14. The summed E-state index contributed by atoms with van der Waals surface area (Å²) in [7, 11) is 1.64. The number of ether oxygens (including phenoxy) is 2. The topological polar surface area (TPSA) is 56.5 Å². The molecular formula is C20H24N2O3. The van der Waals surface area contributed by atoms with E-state index in [1.807, 2.05) is 48.5 Å².